The summed E-state index contributed by atoms with van der Waals surface area (Å²) in [4.78, 5) is 12.3. The van der Waals surface area contributed by atoms with Crippen molar-refractivity contribution in [2.75, 3.05) is 13.2 Å². The molecular formula is C14H14FNO3S. The van der Waals surface area contributed by atoms with Crippen LogP contribution in [0.25, 0.3) is 0 Å². The third kappa shape index (κ3) is 4.32. The van der Waals surface area contributed by atoms with Gasteiger partial charge in [-0.1, -0.05) is 12.1 Å². The average molecular weight is 295 g/mol. The Morgan fingerprint density at radius 1 is 1.40 bits per heavy atom. The van der Waals surface area contributed by atoms with Crippen LogP contribution < -0.4 is 10.1 Å². The van der Waals surface area contributed by atoms with E-state index in [0.29, 0.717) is 5.75 Å². The smallest absolute Gasteiger partial charge is 0.258 e. The Balaban J connectivity index is 1.73. The fourth-order valence-corrected chi connectivity index (χ4v) is 2.26. The summed E-state index contributed by atoms with van der Waals surface area (Å²) in [7, 11) is 0. The molecule has 1 heterocycles. The predicted molar refractivity (Wildman–Crippen MR) is 74.2 cm³/mol. The van der Waals surface area contributed by atoms with Gasteiger partial charge in [0.05, 0.1) is 0 Å². The van der Waals surface area contributed by atoms with Gasteiger partial charge in [-0.25, -0.2) is 4.39 Å². The second kappa shape index (κ2) is 7.02. The highest BCUT2D eigenvalue weighted by molar-refractivity contribution is 7.10. The van der Waals surface area contributed by atoms with Crippen molar-refractivity contribution < 1.29 is 19.0 Å². The maximum absolute atomic E-state index is 12.9. The Kier molecular flexibility index (Phi) is 5.09. The molecule has 0 aliphatic heterocycles. The van der Waals surface area contributed by atoms with E-state index in [1.807, 2.05) is 11.4 Å². The highest BCUT2D eigenvalue weighted by atomic mass is 32.1. The quantitative estimate of drug-likeness (QED) is 0.858. The van der Waals surface area contributed by atoms with Crippen molar-refractivity contribution >= 4 is 17.2 Å². The molecule has 0 bridgehead atoms. The van der Waals surface area contributed by atoms with Gasteiger partial charge in [0.1, 0.15) is 17.7 Å². The number of rotatable bonds is 6. The number of thiophene rings is 1. The Labute approximate surface area is 119 Å². The Bertz CT molecular complexity index is 559. The van der Waals surface area contributed by atoms with E-state index in [2.05, 4.69) is 5.32 Å². The number of aliphatic hydroxyl groups is 1. The molecule has 0 fully saturated rings. The molecule has 1 aromatic heterocycles. The molecule has 20 heavy (non-hydrogen) atoms. The van der Waals surface area contributed by atoms with Crippen LogP contribution in [0.5, 0.6) is 5.75 Å². The lowest BCUT2D eigenvalue weighted by atomic mass is 10.3. The van der Waals surface area contributed by atoms with E-state index in [1.165, 1.54) is 29.5 Å². The lowest BCUT2D eigenvalue weighted by Gasteiger charge is -2.11. The molecule has 2 rings (SSSR count). The van der Waals surface area contributed by atoms with Gasteiger partial charge >= 0.3 is 0 Å². The maximum Gasteiger partial charge on any atom is 0.258 e. The molecule has 0 aliphatic rings. The molecule has 2 N–H and O–H groups in total. The fraction of sp³-hybridized carbons (Fsp3) is 0.214. The van der Waals surface area contributed by atoms with Crippen LogP contribution in [0.2, 0.25) is 0 Å². The van der Waals surface area contributed by atoms with Gasteiger partial charge in [0.15, 0.2) is 6.61 Å². The van der Waals surface area contributed by atoms with E-state index < -0.39 is 11.9 Å². The van der Waals surface area contributed by atoms with Gasteiger partial charge in [-0.2, -0.15) is 0 Å². The van der Waals surface area contributed by atoms with Crippen LogP contribution in [0.1, 0.15) is 11.0 Å². The molecule has 0 saturated carbocycles. The Morgan fingerprint density at radius 3 is 2.95 bits per heavy atom. The van der Waals surface area contributed by atoms with E-state index in [9.17, 15) is 14.3 Å². The largest absolute Gasteiger partial charge is 0.484 e. The van der Waals surface area contributed by atoms with Gasteiger partial charge in [0, 0.05) is 17.5 Å². The number of amides is 1. The van der Waals surface area contributed by atoms with Crippen LogP contribution in [0.3, 0.4) is 0 Å². The number of ether oxygens (including phenoxy) is 1. The Morgan fingerprint density at radius 2 is 2.25 bits per heavy atom. The van der Waals surface area contributed by atoms with Crippen molar-refractivity contribution in [1.29, 1.82) is 0 Å². The zero-order chi connectivity index (χ0) is 14.4. The number of benzene rings is 1. The standard InChI is InChI=1S/C14H14FNO3S/c15-10-3-1-4-11(7-10)19-9-14(18)16-8-12(17)13-5-2-6-20-13/h1-7,12,17H,8-9H2,(H,16,18). The number of hydrogen-bond acceptors (Lipinski definition) is 4. The molecule has 4 nitrogen and oxygen atoms in total. The van der Waals surface area contributed by atoms with Gasteiger partial charge in [-0.15, -0.1) is 11.3 Å². The van der Waals surface area contributed by atoms with Gasteiger partial charge < -0.3 is 15.2 Å². The normalized spacial score (nSPS) is 11.9. The van der Waals surface area contributed by atoms with Crippen molar-refractivity contribution in [3.8, 4) is 5.75 Å². The first-order valence-corrected chi connectivity index (χ1v) is 6.89. The molecule has 1 amide bonds. The molecular weight excluding hydrogens is 281 g/mol. The number of aliphatic hydroxyl groups excluding tert-OH is 1. The minimum absolute atomic E-state index is 0.117. The van der Waals surface area contributed by atoms with Crippen LogP contribution in [-0.4, -0.2) is 24.2 Å². The second-order valence-corrected chi connectivity index (χ2v) is 5.06. The molecule has 1 atom stereocenters. The number of carbonyl (C=O) groups excluding carboxylic acids is 1. The molecule has 0 spiro atoms. The molecule has 1 aromatic carbocycles. The van der Waals surface area contributed by atoms with E-state index in [1.54, 1.807) is 12.1 Å². The lowest BCUT2D eigenvalue weighted by Crippen LogP contribution is -2.32. The van der Waals surface area contributed by atoms with Crippen molar-refractivity contribution in [1.82, 2.24) is 5.32 Å². The molecule has 0 radical (unpaired) electrons. The van der Waals surface area contributed by atoms with Crippen molar-refractivity contribution in [3.05, 3.63) is 52.5 Å². The predicted octanol–water partition coefficient (Wildman–Crippen LogP) is 2.12. The fourth-order valence-electron chi connectivity index (χ4n) is 1.55. The first-order chi connectivity index (χ1) is 9.65. The van der Waals surface area contributed by atoms with Gasteiger partial charge in [-0.05, 0) is 23.6 Å². The zero-order valence-corrected chi connectivity index (χ0v) is 11.4. The molecule has 0 aliphatic carbocycles. The maximum atomic E-state index is 12.9. The van der Waals surface area contributed by atoms with Gasteiger partial charge in [-0.3, -0.25) is 4.79 Å². The lowest BCUT2D eigenvalue weighted by molar-refractivity contribution is -0.123. The highest BCUT2D eigenvalue weighted by Gasteiger charge is 2.10. The first-order valence-electron chi connectivity index (χ1n) is 6.01. The number of hydrogen-bond donors (Lipinski definition) is 2. The highest BCUT2D eigenvalue weighted by Crippen LogP contribution is 2.17. The third-order valence-electron chi connectivity index (χ3n) is 2.53. The van der Waals surface area contributed by atoms with Gasteiger partial charge in [0.25, 0.3) is 5.91 Å². The monoisotopic (exact) mass is 295 g/mol. The van der Waals surface area contributed by atoms with E-state index in [0.717, 1.165) is 4.88 Å². The summed E-state index contributed by atoms with van der Waals surface area (Å²) >= 11 is 1.42. The topological polar surface area (TPSA) is 58.6 Å². The number of carbonyl (C=O) groups is 1. The molecule has 2 aromatic rings. The minimum Gasteiger partial charge on any atom is -0.484 e. The molecule has 1 unspecified atom stereocenters. The SMILES string of the molecule is O=C(COc1cccc(F)c1)NCC(O)c1cccs1. The zero-order valence-electron chi connectivity index (χ0n) is 10.6. The summed E-state index contributed by atoms with van der Waals surface area (Å²) in [6, 6.07) is 9.20. The summed E-state index contributed by atoms with van der Waals surface area (Å²) in [6.07, 6.45) is -0.729. The number of nitrogens with one attached hydrogen (secondary N) is 1. The first kappa shape index (κ1) is 14.5. The van der Waals surface area contributed by atoms with E-state index >= 15 is 0 Å². The molecule has 6 heteroatoms. The number of halogens is 1. The van der Waals surface area contributed by atoms with Crippen LogP contribution in [-0.2, 0) is 4.79 Å². The summed E-state index contributed by atoms with van der Waals surface area (Å²) in [5.41, 5.74) is 0. The van der Waals surface area contributed by atoms with Crippen LogP contribution in [0.15, 0.2) is 41.8 Å². The molecule has 0 saturated heterocycles. The summed E-state index contributed by atoms with van der Waals surface area (Å²) < 4.78 is 18.0. The second-order valence-electron chi connectivity index (χ2n) is 4.08. The third-order valence-corrected chi connectivity index (χ3v) is 3.50. The molecule has 106 valence electrons. The summed E-state index contributed by atoms with van der Waals surface area (Å²) in [6.45, 7) is -0.105. The van der Waals surface area contributed by atoms with Crippen LogP contribution >= 0.6 is 11.3 Å². The van der Waals surface area contributed by atoms with E-state index in [-0.39, 0.29) is 19.1 Å². The van der Waals surface area contributed by atoms with Crippen molar-refractivity contribution in [3.63, 3.8) is 0 Å². The minimum atomic E-state index is -0.729. The van der Waals surface area contributed by atoms with Crippen LogP contribution in [0, 0.1) is 5.82 Å². The average Bonchev–Trinajstić information content (AvgIpc) is 2.97. The van der Waals surface area contributed by atoms with Crippen molar-refractivity contribution in [2.24, 2.45) is 0 Å². The summed E-state index contributed by atoms with van der Waals surface area (Å²) in [5.74, 6) is -0.500. The summed E-state index contributed by atoms with van der Waals surface area (Å²) in [5, 5.41) is 14.2. The van der Waals surface area contributed by atoms with Crippen molar-refractivity contribution in [2.45, 2.75) is 6.10 Å². The Hall–Kier alpha value is -1.92. The van der Waals surface area contributed by atoms with Gasteiger partial charge in [0.2, 0.25) is 0 Å². The van der Waals surface area contributed by atoms with E-state index in [4.69, 9.17) is 4.74 Å². The van der Waals surface area contributed by atoms with Crippen LogP contribution in [0.4, 0.5) is 4.39 Å².